The highest BCUT2D eigenvalue weighted by molar-refractivity contribution is 7.85. The van der Waals surface area contributed by atoms with Gasteiger partial charge in [0.15, 0.2) is 0 Å². The Morgan fingerprint density at radius 3 is 2.82 bits per heavy atom. The summed E-state index contributed by atoms with van der Waals surface area (Å²) in [7, 11) is -1.12. The Bertz CT molecular complexity index is 1240. The predicted octanol–water partition coefficient (Wildman–Crippen LogP) is 2.68. The quantitative estimate of drug-likeness (QED) is 0.502. The standard InChI is InChI=1S/C22H24N8O3S/c31-24-13-22(6-7-22)28-19-17-16(5-11-34(17)32)25-21(27-19)30-9-3-14(4-10-30)20-26-18(29-33-20)15-2-1-8-23-12-15/h1-2,8,12,14H,3-7,9-11,13H2,(H,25,27,28). The smallest absolute Gasteiger partial charge is 0.230 e. The number of anilines is 2. The van der Waals surface area contributed by atoms with Gasteiger partial charge < -0.3 is 14.7 Å². The summed E-state index contributed by atoms with van der Waals surface area (Å²) >= 11 is 0. The first-order valence-electron chi connectivity index (χ1n) is 11.5. The summed E-state index contributed by atoms with van der Waals surface area (Å²) in [5.74, 6) is 3.15. The Morgan fingerprint density at radius 2 is 2.09 bits per heavy atom. The van der Waals surface area contributed by atoms with Crippen molar-refractivity contribution in [3.05, 3.63) is 41.0 Å². The molecule has 0 aromatic carbocycles. The molecule has 3 aliphatic rings. The Morgan fingerprint density at radius 1 is 1.24 bits per heavy atom. The molecule has 11 nitrogen and oxygen atoms in total. The lowest BCUT2D eigenvalue weighted by atomic mass is 9.97. The van der Waals surface area contributed by atoms with Gasteiger partial charge in [0, 0.05) is 49.1 Å². The minimum Gasteiger partial charge on any atom is -0.361 e. The average molecular weight is 481 g/mol. The number of pyridine rings is 1. The number of nitroso groups, excluding NO2 is 1. The van der Waals surface area contributed by atoms with Crippen molar-refractivity contribution in [3.63, 3.8) is 0 Å². The van der Waals surface area contributed by atoms with Gasteiger partial charge in [0.1, 0.15) is 17.3 Å². The van der Waals surface area contributed by atoms with Gasteiger partial charge in [-0.05, 0) is 37.8 Å². The summed E-state index contributed by atoms with van der Waals surface area (Å²) in [4.78, 5) is 32.0. The van der Waals surface area contributed by atoms with Crippen LogP contribution in [0.2, 0.25) is 0 Å². The molecule has 1 saturated heterocycles. The molecule has 0 bridgehead atoms. The second-order valence-electron chi connectivity index (χ2n) is 9.10. The van der Waals surface area contributed by atoms with Crippen molar-refractivity contribution in [3.8, 4) is 11.4 Å². The van der Waals surface area contributed by atoms with Crippen LogP contribution in [0.3, 0.4) is 0 Å². The van der Waals surface area contributed by atoms with Gasteiger partial charge in [-0.15, -0.1) is 0 Å². The number of hydrogen-bond donors (Lipinski definition) is 1. The van der Waals surface area contributed by atoms with E-state index in [1.165, 1.54) is 0 Å². The number of rotatable bonds is 7. The van der Waals surface area contributed by atoms with Crippen LogP contribution in [0, 0.1) is 4.91 Å². The summed E-state index contributed by atoms with van der Waals surface area (Å²) in [6.45, 7) is 1.68. The molecule has 0 amide bonds. The van der Waals surface area contributed by atoms with Crippen molar-refractivity contribution < 1.29 is 8.73 Å². The second-order valence-corrected chi connectivity index (χ2v) is 10.6. The topological polar surface area (TPSA) is 139 Å². The van der Waals surface area contributed by atoms with Crippen LogP contribution in [0.15, 0.2) is 39.1 Å². The molecule has 176 valence electrons. The number of nitrogens with one attached hydrogen (secondary N) is 1. The summed E-state index contributed by atoms with van der Waals surface area (Å²) < 4.78 is 18.2. The second kappa shape index (κ2) is 8.49. The maximum atomic E-state index is 12.6. The van der Waals surface area contributed by atoms with Crippen molar-refractivity contribution >= 4 is 22.6 Å². The van der Waals surface area contributed by atoms with Crippen LogP contribution in [-0.2, 0) is 17.2 Å². The average Bonchev–Trinajstić information content (AvgIpc) is 3.27. The molecule has 0 radical (unpaired) electrons. The molecule has 6 rings (SSSR count). The van der Waals surface area contributed by atoms with E-state index in [0.29, 0.717) is 40.6 Å². The van der Waals surface area contributed by atoms with Crippen LogP contribution in [0.1, 0.15) is 43.2 Å². The van der Waals surface area contributed by atoms with Crippen LogP contribution in [-0.4, -0.2) is 60.2 Å². The van der Waals surface area contributed by atoms with Gasteiger partial charge >= 0.3 is 0 Å². The molecule has 2 aliphatic heterocycles. The molecule has 2 fully saturated rings. The van der Waals surface area contributed by atoms with Crippen molar-refractivity contribution in [1.29, 1.82) is 0 Å². The SMILES string of the molecule is O=NCC1(Nc2nc(N3CCC(c4nc(-c5cccnc5)no4)CC3)nc3c2S(=O)CC3)CC1. The highest BCUT2D eigenvalue weighted by Gasteiger charge is 2.45. The van der Waals surface area contributed by atoms with Crippen molar-refractivity contribution in [2.45, 2.75) is 48.5 Å². The third-order valence-electron chi connectivity index (χ3n) is 6.77. The van der Waals surface area contributed by atoms with E-state index in [4.69, 9.17) is 14.5 Å². The van der Waals surface area contributed by atoms with Crippen molar-refractivity contribution in [1.82, 2.24) is 25.1 Å². The van der Waals surface area contributed by atoms with E-state index in [1.54, 1.807) is 12.4 Å². The van der Waals surface area contributed by atoms with E-state index in [0.717, 1.165) is 50.0 Å². The Labute approximate surface area is 198 Å². The zero-order valence-corrected chi connectivity index (χ0v) is 19.3. The first-order chi connectivity index (χ1) is 16.6. The number of aromatic nitrogens is 5. The van der Waals surface area contributed by atoms with Gasteiger partial charge in [-0.2, -0.15) is 14.9 Å². The van der Waals surface area contributed by atoms with E-state index < -0.39 is 10.8 Å². The lowest BCUT2D eigenvalue weighted by Gasteiger charge is -2.31. The fourth-order valence-corrected chi connectivity index (χ4v) is 5.90. The van der Waals surface area contributed by atoms with Crippen LogP contribution in [0.25, 0.3) is 11.4 Å². The zero-order valence-electron chi connectivity index (χ0n) is 18.5. The van der Waals surface area contributed by atoms with Gasteiger partial charge in [0.2, 0.25) is 17.7 Å². The minimum absolute atomic E-state index is 0.169. The summed E-state index contributed by atoms with van der Waals surface area (Å²) in [6.07, 6.45) is 7.49. The molecule has 3 aromatic heterocycles. The fourth-order valence-electron chi connectivity index (χ4n) is 4.60. The molecule has 34 heavy (non-hydrogen) atoms. The van der Waals surface area contributed by atoms with Crippen LogP contribution >= 0.6 is 0 Å². The lowest BCUT2D eigenvalue weighted by Crippen LogP contribution is -2.35. The van der Waals surface area contributed by atoms with E-state index >= 15 is 0 Å². The number of nitrogens with zero attached hydrogens (tertiary/aromatic N) is 7. The Kier molecular flexibility index (Phi) is 5.31. The maximum Gasteiger partial charge on any atom is 0.230 e. The zero-order chi connectivity index (χ0) is 23.1. The van der Waals surface area contributed by atoms with Crippen LogP contribution in [0.5, 0.6) is 0 Å². The van der Waals surface area contributed by atoms with Gasteiger partial charge in [-0.3, -0.25) is 9.19 Å². The minimum atomic E-state index is -1.12. The number of fused-ring (bicyclic) bond motifs is 1. The molecule has 3 aromatic rings. The third kappa shape index (κ3) is 3.95. The molecule has 0 spiro atoms. The van der Waals surface area contributed by atoms with Crippen molar-refractivity contribution in [2.75, 3.05) is 35.6 Å². The molecule has 1 unspecified atom stereocenters. The van der Waals surface area contributed by atoms with Crippen LogP contribution in [0.4, 0.5) is 11.8 Å². The fraction of sp³-hybridized carbons (Fsp3) is 0.500. The van der Waals surface area contributed by atoms with Gasteiger partial charge in [-0.1, -0.05) is 10.3 Å². The lowest BCUT2D eigenvalue weighted by molar-refractivity contribution is 0.329. The van der Waals surface area contributed by atoms with E-state index in [1.807, 2.05) is 12.1 Å². The number of piperidine rings is 1. The highest BCUT2D eigenvalue weighted by Crippen LogP contribution is 2.42. The Balaban J connectivity index is 1.19. The number of aryl methyl sites for hydroxylation is 1. The Hall–Kier alpha value is -3.28. The molecular weight excluding hydrogens is 456 g/mol. The molecule has 1 aliphatic carbocycles. The maximum absolute atomic E-state index is 12.6. The summed E-state index contributed by atoms with van der Waals surface area (Å²) in [6, 6.07) is 3.75. The van der Waals surface area contributed by atoms with Crippen molar-refractivity contribution in [2.24, 2.45) is 5.18 Å². The first-order valence-corrected chi connectivity index (χ1v) is 12.8. The van der Waals surface area contributed by atoms with E-state index in [2.05, 4.69) is 30.5 Å². The largest absolute Gasteiger partial charge is 0.361 e. The van der Waals surface area contributed by atoms with Crippen LogP contribution < -0.4 is 10.2 Å². The summed E-state index contributed by atoms with van der Waals surface area (Å²) in [5.41, 5.74) is 1.31. The highest BCUT2D eigenvalue weighted by atomic mass is 32.2. The normalized spacial score (nSPS) is 21.3. The third-order valence-corrected chi connectivity index (χ3v) is 8.23. The first kappa shape index (κ1) is 21.3. The molecule has 12 heteroatoms. The predicted molar refractivity (Wildman–Crippen MR) is 125 cm³/mol. The van der Waals surface area contributed by atoms with Gasteiger partial charge in [-0.25, -0.2) is 4.98 Å². The molecule has 1 N–H and O–H groups in total. The summed E-state index contributed by atoms with van der Waals surface area (Å²) in [5, 5.41) is 10.6. The molecule has 5 heterocycles. The van der Waals surface area contributed by atoms with E-state index in [-0.39, 0.29) is 18.0 Å². The molecule has 1 saturated carbocycles. The molecular formula is C22H24N8O3S. The molecule has 1 atom stereocenters. The monoisotopic (exact) mass is 480 g/mol. The van der Waals surface area contributed by atoms with Gasteiger partial charge in [0.05, 0.1) is 22.0 Å². The van der Waals surface area contributed by atoms with Gasteiger partial charge in [0.25, 0.3) is 0 Å². The van der Waals surface area contributed by atoms with E-state index in [9.17, 15) is 9.12 Å². The number of hydrogen-bond acceptors (Lipinski definition) is 11.